The maximum absolute atomic E-state index is 10.5. The number of aliphatic hydroxyl groups is 1. The van der Waals surface area contributed by atoms with E-state index in [1.54, 1.807) is 4.68 Å². The van der Waals surface area contributed by atoms with Crippen molar-refractivity contribution in [2.75, 3.05) is 5.32 Å². The van der Waals surface area contributed by atoms with Crippen molar-refractivity contribution in [1.29, 1.82) is 0 Å². The van der Waals surface area contributed by atoms with Gasteiger partial charge in [0.25, 0.3) is 0 Å². The Morgan fingerprint density at radius 1 is 1.44 bits per heavy atom. The summed E-state index contributed by atoms with van der Waals surface area (Å²) in [4.78, 5) is 0. The summed E-state index contributed by atoms with van der Waals surface area (Å²) in [6, 6.07) is 8.23. The maximum Gasteiger partial charge on any atom is 0.103 e. The summed E-state index contributed by atoms with van der Waals surface area (Å²) in [5.41, 5.74) is 4.19. The average molecular weight is 243 g/mol. The molecule has 4 nitrogen and oxygen atoms in total. The smallest absolute Gasteiger partial charge is 0.103 e. The maximum atomic E-state index is 10.5. The molecule has 0 bridgehead atoms. The summed E-state index contributed by atoms with van der Waals surface area (Å²) in [6.45, 7) is 1.93. The van der Waals surface area contributed by atoms with Crippen LogP contribution >= 0.6 is 0 Å². The van der Waals surface area contributed by atoms with E-state index in [0.717, 1.165) is 23.4 Å². The van der Waals surface area contributed by atoms with Gasteiger partial charge in [-0.3, -0.25) is 4.68 Å². The molecular formula is C14H17N3O. The lowest BCUT2D eigenvalue weighted by Crippen LogP contribution is -2.25. The fourth-order valence-corrected chi connectivity index (χ4v) is 2.64. The van der Waals surface area contributed by atoms with E-state index in [9.17, 15) is 5.11 Å². The number of rotatable bonds is 2. The lowest BCUT2D eigenvalue weighted by molar-refractivity contribution is 0.156. The van der Waals surface area contributed by atoms with Crippen molar-refractivity contribution in [2.24, 2.45) is 7.05 Å². The molecule has 1 aromatic carbocycles. The Morgan fingerprint density at radius 2 is 2.22 bits per heavy atom. The van der Waals surface area contributed by atoms with Crippen LogP contribution in [-0.2, 0) is 13.5 Å². The van der Waals surface area contributed by atoms with Gasteiger partial charge >= 0.3 is 0 Å². The Morgan fingerprint density at radius 3 is 2.89 bits per heavy atom. The third-order valence-corrected chi connectivity index (χ3v) is 3.55. The van der Waals surface area contributed by atoms with Crippen LogP contribution in [0, 0.1) is 6.92 Å². The number of nitrogens with one attached hydrogen (secondary N) is 1. The molecule has 1 aliphatic heterocycles. The van der Waals surface area contributed by atoms with E-state index in [-0.39, 0.29) is 6.04 Å². The molecule has 1 aliphatic rings. The Hall–Kier alpha value is -1.81. The van der Waals surface area contributed by atoms with Gasteiger partial charge in [0.15, 0.2) is 0 Å². The molecule has 2 atom stereocenters. The number of aromatic nitrogens is 2. The van der Waals surface area contributed by atoms with Gasteiger partial charge in [-0.15, -0.1) is 0 Å². The zero-order valence-electron chi connectivity index (χ0n) is 10.6. The number of benzene rings is 1. The minimum Gasteiger partial charge on any atom is -0.386 e. The number of fused-ring (bicyclic) bond motifs is 1. The lowest BCUT2D eigenvalue weighted by atomic mass is 10.0. The lowest BCUT2D eigenvalue weighted by Gasteiger charge is -2.18. The highest BCUT2D eigenvalue weighted by Crippen LogP contribution is 2.32. The van der Waals surface area contributed by atoms with Crippen molar-refractivity contribution < 1.29 is 5.11 Å². The third kappa shape index (κ3) is 1.78. The van der Waals surface area contributed by atoms with Crippen molar-refractivity contribution in [3.63, 3.8) is 0 Å². The predicted molar refractivity (Wildman–Crippen MR) is 70.5 cm³/mol. The molecule has 0 amide bonds. The normalized spacial score (nSPS) is 19.4. The minimum atomic E-state index is -0.522. The highest BCUT2D eigenvalue weighted by Gasteiger charge is 2.29. The van der Waals surface area contributed by atoms with Crippen molar-refractivity contribution >= 4 is 5.69 Å². The van der Waals surface area contributed by atoms with Crippen LogP contribution in [0.15, 0.2) is 30.5 Å². The van der Waals surface area contributed by atoms with Crippen LogP contribution in [0.5, 0.6) is 0 Å². The molecule has 0 fully saturated rings. The summed E-state index contributed by atoms with van der Waals surface area (Å²) in [5, 5.41) is 18.1. The first-order valence-electron chi connectivity index (χ1n) is 6.18. The summed E-state index contributed by atoms with van der Waals surface area (Å²) in [6.07, 6.45) is 2.22. The van der Waals surface area contributed by atoms with E-state index in [1.807, 2.05) is 32.3 Å². The van der Waals surface area contributed by atoms with Crippen LogP contribution < -0.4 is 5.32 Å². The number of para-hydroxylation sites is 1. The number of hydrogen-bond donors (Lipinski definition) is 2. The zero-order chi connectivity index (χ0) is 12.7. The second-order valence-corrected chi connectivity index (χ2v) is 4.90. The summed E-state index contributed by atoms with van der Waals surface area (Å²) in [5.74, 6) is 0. The van der Waals surface area contributed by atoms with Gasteiger partial charge in [0.1, 0.15) is 6.10 Å². The number of aryl methyl sites for hydroxylation is 2. The van der Waals surface area contributed by atoms with Gasteiger partial charge in [0, 0.05) is 24.5 Å². The molecule has 18 heavy (non-hydrogen) atoms. The molecule has 0 spiro atoms. The molecule has 2 aromatic rings. The van der Waals surface area contributed by atoms with Crippen LogP contribution in [0.2, 0.25) is 0 Å². The Kier molecular flexibility index (Phi) is 2.59. The molecule has 2 unspecified atom stereocenters. The summed E-state index contributed by atoms with van der Waals surface area (Å²) in [7, 11) is 1.88. The zero-order valence-corrected chi connectivity index (χ0v) is 10.6. The SMILES string of the molecule is Cc1nn(C)cc1C(O)C1Cc2ccccc2N1. The first-order chi connectivity index (χ1) is 8.65. The number of nitrogens with zero attached hydrogens (tertiary/aromatic N) is 2. The van der Waals surface area contributed by atoms with E-state index >= 15 is 0 Å². The van der Waals surface area contributed by atoms with Gasteiger partial charge in [0.2, 0.25) is 0 Å². The fraction of sp³-hybridized carbons (Fsp3) is 0.357. The molecule has 3 rings (SSSR count). The van der Waals surface area contributed by atoms with Crippen molar-refractivity contribution in [3.05, 3.63) is 47.3 Å². The second kappa shape index (κ2) is 4.14. The first-order valence-corrected chi connectivity index (χ1v) is 6.18. The monoisotopic (exact) mass is 243 g/mol. The van der Waals surface area contributed by atoms with E-state index in [4.69, 9.17) is 0 Å². The second-order valence-electron chi connectivity index (χ2n) is 4.90. The number of hydrogen-bond acceptors (Lipinski definition) is 3. The van der Waals surface area contributed by atoms with Crippen molar-refractivity contribution in [2.45, 2.75) is 25.5 Å². The largest absolute Gasteiger partial charge is 0.386 e. The molecule has 4 heteroatoms. The van der Waals surface area contributed by atoms with Crippen LogP contribution in [0.1, 0.15) is 22.9 Å². The molecule has 94 valence electrons. The molecular weight excluding hydrogens is 226 g/mol. The minimum absolute atomic E-state index is 0.0327. The van der Waals surface area contributed by atoms with Crippen molar-refractivity contribution in [3.8, 4) is 0 Å². The summed E-state index contributed by atoms with van der Waals surface area (Å²) < 4.78 is 1.75. The standard InChI is InChI=1S/C14H17N3O/c1-9-11(8-17(2)16-9)14(18)13-7-10-5-3-4-6-12(10)15-13/h3-6,8,13-15,18H,7H2,1-2H3. The highest BCUT2D eigenvalue weighted by atomic mass is 16.3. The van der Waals surface area contributed by atoms with Gasteiger partial charge < -0.3 is 10.4 Å². The topological polar surface area (TPSA) is 50.1 Å². The van der Waals surface area contributed by atoms with Crippen LogP contribution in [0.25, 0.3) is 0 Å². The molecule has 0 saturated heterocycles. The van der Waals surface area contributed by atoms with Crippen molar-refractivity contribution in [1.82, 2.24) is 9.78 Å². The highest BCUT2D eigenvalue weighted by molar-refractivity contribution is 5.57. The van der Waals surface area contributed by atoms with Crippen LogP contribution in [0.4, 0.5) is 5.69 Å². The Bertz CT molecular complexity index is 551. The average Bonchev–Trinajstić information content (AvgIpc) is 2.91. The summed E-state index contributed by atoms with van der Waals surface area (Å²) >= 11 is 0. The number of anilines is 1. The third-order valence-electron chi connectivity index (χ3n) is 3.55. The van der Waals surface area contributed by atoms with Gasteiger partial charge in [-0.05, 0) is 25.0 Å². The van der Waals surface area contributed by atoms with E-state index in [1.165, 1.54) is 5.56 Å². The van der Waals surface area contributed by atoms with E-state index < -0.39 is 6.10 Å². The Labute approximate surface area is 106 Å². The van der Waals surface area contributed by atoms with Crippen LogP contribution in [-0.4, -0.2) is 20.9 Å². The molecule has 2 heterocycles. The van der Waals surface area contributed by atoms with Gasteiger partial charge in [-0.25, -0.2) is 0 Å². The van der Waals surface area contributed by atoms with Gasteiger partial charge in [-0.1, -0.05) is 18.2 Å². The first kappa shape index (κ1) is 11.3. The Balaban J connectivity index is 1.84. The van der Waals surface area contributed by atoms with E-state index in [0.29, 0.717) is 0 Å². The fourth-order valence-electron chi connectivity index (χ4n) is 2.64. The quantitative estimate of drug-likeness (QED) is 0.845. The van der Waals surface area contributed by atoms with Gasteiger partial charge in [-0.2, -0.15) is 5.10 Å². The van der Waals surface area contributed by atoms with Gasteiger partial charge in [0.05, 0.1) is 11.7 Å². The van der Waals surface area contributed by atoms with E-state index in [2.05, 4.69) is 22.5 Å². The molecule has 0 aliphatic carbocycles. The molecule has 2 N–H and O–H groups in total. The van der Waals surface area contributed by atoms with Crippen LogP contribution in [0.3, 0.4) is 0 Å². The molecule has 1 aromatic heterocycles. The number of aliphatic hydroxyl groups excluding tert-OH is 1. The molecule has 0 radical (unpaired) electrons. The molecule has 0 saturated carbocycles. The predicted octanol–water partition coefficient (Wildman–Crippen LogP) is 1.80.